The fourth-order valence-electron chi connectivity index (χ4n) is 3.37. The van der Waals surface area contributed by atoms with Crippen molar-refractivity contribution in [2.45, 2.75) is 91.1 Å². The molecule has 0 nitrogen and oxygen atoms in total. The van der Waals surface area contributed by atoms with Crippen molar-refractivity contribution >= 4 is 7.92 Å². The molecule has 0 aromatic heterocycles. The molecule has 0 bridgehead atoms. The van der Waals surface area contributed by atoms with Crippen LogP contribution in [0.4, 0.5) is 0 Å². The molecule has 0 aliphatic carbocycles. The number of hydrogen-bond acceptors (Lipinski definition) is 0. The van der Waals surface area contributed by atoms with E-state index in [1.807, 2.05) is 0 Å². The standard InChI is InChI=1S/C16H35P/c1-6-11-16(12-7-2,13-8-3)17(14-9-4)15-10-5/h6-15H2,1-5H3. The van der Waals surface area contributed by atoms with Crippen molar-refractivity contribution in [3.8, 4) is 0 Å². The van der Waals surface area contributed by atoms with Crippen molar-refractivity contribution in [2.75, 3.05) is 12.3 Å². The second kappa shape index (κ2) is 10.4. The predicted molar refractivity (Wildman–Crippen MR) is 84.7 cm³/mol. The minimum Gasteiger partial charge on any atom is -0.100 e. The SMILES string of the molecule is CCCP(CCC)C(CCC)(CCC)CCC. The Hall–Kier alpha value is 0.430. The molecule has 104 valence electrons. The summed E-state index contributed by atoms with van der Waals surface area (Å²) in [5.74, 6) is 0. The minimum absolute atomic E-state index is 0.274. The van der Waals surface area contributed by atoms with Crippen LogP contribution < -0.4 is 0 Å². The summed E-state index contributed by atoms with van der Waals surface area (Å²) >= 11 is 0. The highest BCUT2D eigenvalue weighted by molar-refractivity contribution is 7.59. The summed E-state index contributed by atoms with van der Waals surface area (Å²) in [7, 11) is 0.274. The van der Waals surface area contributed by atoms with E-state index in [2.05, 4.69) is 34.6 Å². The molecular weight excluding hydrogens is 223 g/mol. The summed E-state index contributed by atoms with van der Waals surface area (Å²) in [6, 6.07) is 0. The Balaban J connectivity index is 4.87. The van der Waals surface area contributed by atoms with Crippen LogP contribution in [0.5, 0.6) is 0 Å². The second-order valence-electron chi connectivity index (χ2n) is 5.46. The molecule has 0 rings (SSSR count). The molecule has 0 aliphatic heterocycles. The molecule has 0 atom stereocenters. The molecule has 0 unspecified atom stereocenters. The Morgan fingerprint density at radius 1 is 0.588 bits per heavy atom. The van der Waals surface area contributed by atoms with E-state index in [1.54, 1.807) is 0 Å². The second-order valence-corrected chi connectivity index (χ2v) is 8.38. The summed E-state index contributed by atoms with van der Waals surface area (Å²) in [6.45, 7) is 11.9. The maximum absolute atomic E-state index is 2.38. The molecular formula is C16H35P. The third-order valence-electron chi connectivity index (χ3n) is 3.80. The molecule has 17 heavy (non-hydrogen) atoms. The zero-order valence-corrected chi connectivity index (χ0v) is 13.9. The van der Waals surface area contributed by atoms with Gasteiger partial charge in [-0.05, 0) is 36.7 Å². The molecule has 0 amide bonds. The summed E-state index contributed by atoms with van der Waals surface area (Å²) in [5, 5.41) is 0.736. The van der Waals surface area contributed by atoms with Crippen LogP contribution in [0.3, 0.4) is 0 Å². The lowest BCUT2D eigenvalue weighted by Crippen LogP contribution is -2.28. The van der Waals surface area contributed by atoms with Gasteiger partial charge in [0.05, 0.1) is 0 Å². The average Bonchev–Trinajstić information content (AvgIpc) is 2.29. The van der Waals surface area contributed by atoms with Gasteiger partial charge in [0.2, 0.25) is 0 Å². The quantitative estimate of drug-likeness (QED) is 0.375. The van der Waals surface area contributed by atoms with Gasteiger partial charge >= 0.3 is 0 Å². The largest absolute Gasteiger partial charge is 0.100 e. The first-order valence-corrected chi connectivity index (χ1v) is 9.66. The van der Waals surface area contributed by atoms with Gasteiger partial charge in [-0.3, -0.25) is 0 Å². The zero-order chi connectivity index (χ0) is 13.1. The van der Waals surface area contributed by atoms with Crippen molar-refractivity contribution in [1.82, 2.24) is 0 Å². The van der Waals surface area contributed by atoms with Gasteiger partial charge in [0, 0.05) is 0 Å². The molecule has 0 saturated heterocycles. The lowest BCUT2D eigenvalue weighted by molar-refractivity contribution is 0.442. The van der Waals surface area contributed by atoms with Crippen LogP contribution in [0.25, 0.3) is 0 Å². The summed E-state index contributed by atoms with van der Waals surface area (Å²) in [5.41, 5.74) is 0. The Morgan fingerprint density at radius 3 is 1.18 bits per heavy atom. The highest BCUT2D eigenvalue weighted by Crippen LogP contribution is 2.57. The Bertz CT molecular complexity index is 142. The molecule has 0 aromatic carbocycles. The highest BCUT2D eigenvalue weighted by Gasteiger charge is 2.34. The van der Waals surface area contributed by atoms with E-state index in [0.29, 0.717) is 0 Å². The van der Waals surface area contributed by atoms with Gasteiger partial charge < -0.3 is 0 Å². The van der Waals surface area contributed by atoms with Gasteiger partial charge in [-0.25, -0.2) is 0 Å². The van der Waals surface area contributed by atoms with Gasteiger partial charge in [-0.1, -0.05) is 66.7 Å². The average molecular weight is 258 g/mol. The van der Waals surface area contributed by atoms with Crippen LogP contribution in [0.2, 0.25) is 0 Å². The molecule has 0 aromatic rings. The molecule has 0 spiro atoms. The maximum atomic E-state index is 2.38. The van der Waals surface area contributed by atoms with E-state index in [0.717, 1.165) is 5.16 Å². The first kappa shape index (κ1) is 17.4. The molecule has 0 radical (unpaired) electrons. The first-order valence-electron chi connectivity index (χ1n) is 7.95. The molecule has 0 saturated carbocycles. The van der Waals surface area contributed by atoms with E-state index >= 15 is 0 Å². The third kappa shape index (κ3) is 5.73. The van der Waals surface area contributed by atoms with Crippen molar-refractivity contribution in [1.29, 1.82) is 0 Å². The number of rotatable bonds is 11. The van der Waals surface area contributed by atoms with Crippen LogP contribution in [0.1, 0.15) is 86.0 Å². The van der Waals surface area contributed by atoms with Crippen molar-refractivity contribution in [3.05, 3.63) is 0 Å². The monoisotopic (exact) mass is 258 g/mol. The van der Waals surface area contributed by atoms with Gasteiger partial charge in [-0.2, -0.15) is 0 Å². The third-order valence-corrected chi connectivity index (χ3v) is 7.79. The highest BCUT2D eigenvalue weighted by atomic mass is 31.1. The van der Waals surface area contributed by atoms with E-state index in [1.165, 1.54) is 63.7 Å². The minimum atomic E-state index is 0.274. The van der Waals surface area contributed by atoms with Crippen molar-refractivity contribution in [2.24, 2.45) is 0 Å². The smallest absolute Gasteiger partial charge is 0.00947 e. The molecule has 0 aliphatic rings. The van der Waals surface area contributed by atoms with Gasteiger partial charge in [-0.15, -0.1) is 7.92 Å². The van der Waals surface area contributed by atoms with E-state index in [4.69, 9.17) is 0 Å². The molecule has 1 heteroatoms. The maximum Gasteiger partial charge on any atom is -0.00947 e. The van der Waals surface area contributed by atoms with Crippen LogP contribution in [-0.4, -0.2) is 17.5 Å². The van der Waals surface area contributed by atoms with E-state index in [-0.39, 0.29) is 7.92 Å². The fraction of sp³-hybridized carbons (Fsp3) is 1.00. The van der Waals surface area contributed by atoms with E-state index < -0.39 is 0 Å². The van der Waals surface area contributed by atoms with Gasteiger partial charge in [0.25, 0.3) is 0 Å². The number of hydrogen-bond donors (Lipinski definition) is 0. The van der Waals surface area contributed by atoms with Gasteiger partial charge in [0.15, 0.2) is 0 Å². The predicted octanol–water partition coefficient (Wildman–Crippen LogP) is 6.43. The zero-order valence-electron chi connectivity index (χ0n) is 13.0. The van der Waals surface area contributed by atoms with Crippen molar-refractivity contribution < 1.29 is 0 Å². The molecule has 0 heterocycles. The molecule has 0 N–H and O–H groups in total. The topological polar surface area (TPSA) is 0 Å². The van der Waals surface area contributed by atoms with Crippen molar-refractivity contribution in [3.63, 3.8) is 0 Å². The Kier molecular flexibility index (Phi) is 10.6. The van der Waals surface area contributed by atoms with Crippen LogP contribution in [0.15, 0.2) is 0 Å². The van der Waals surface area contributed by atoms with Crippen LogP contribution in [0, 0.1) is 0 Å². The summed E-state index contributed by atoms with van der Waals surface area (Å²) in [4.78, 5) is 0. The lowest BCUT2D eigenvalue weighted by Gasteiger charge is -2.42. The normalized spacial score (nSPS) is 12.4. The van der Waals surface area contributed by atoms with Gasteiger partial charge in [0.1, 0.15) is 0 Å². The van der Waals surface area contributed by atoms with Crippen LogP contribution in [-0.2, 0) is 0 Å². The van der Waals surface area contributed by atoms with E-state index in [9.17, 15) is 0 Å². The Morgan fingerprint density at radius 2 is 0.941 bits per heavy atom. The summed E-state index contributed by atoms with van der Waals surface area (Å²) < 4.78 is 0. The molecule has 0 fully saturated rings. The lowest BCUT2D eigenvalue weighted by atomic mass is 9.92. The first-order chi connectivity index (χ1) is 8.20. The Labute approximate surface area is 112 Å². The van der Waals surface area contributed by atoms with Crippen LogP contribution >= 0.6 is 7.92 Å². The fourth-order valence-corrected chi connectivity index (χ4v) is 7.24. The summed E-state index contributed by atoms with van der Waals surface area (Å²) in [6.07, 6.45) is 14.4.